The molecule has 2 aliphatic rings. The lowest BCUT2D eigenvalue weighted by Gasteiger charge is -2.35. The summed E-state index contributed by atoms with van der Waals surface area (Å²) < 4.78 is 0. The van der Waals surface area contributed by atoms with E-state index in [0.29, 0.717) is 29.3 Å². The van der Waals surface area contributed by atoms with E-state index < -0.39 is 0 Å². The lowest BCUT2D eigenvalue weighted by atomic mass is 10.1. The van der Waals surface area contributed by atoms with Crippen LogP contribution in [0.25, 0.3) is 0 Å². The van der Waals surface area contributed by atoms with E-state index in [0.717, 1.165) is 31.9 Å². The zero-order chi connectivity index (χ0) is 18.0. The number of halogens is 1. The van der Waals surface area contributed by atoms with Gasteiger partial charge < -0.3 is 15.1 Å². The van der Waals surface area contributed by atoms with Gasteiger partial charge in [-0.25, -0.2) is 5.01 Å². The van der Waals surface area contributed by atoms with Crippen LogP contribution in [0.4, 0.5) is 11.4 Å². The first-order valence-electron chi connectivity index (χ1n) is 8.32. The van der Waals surface area contributed by atoms with E-state index in [1.807, 2.05) is 12.1 Å². The van der Waals surface area contributed by atoms with Crippen molar-refractivity contribution in [1.82, 2.24) is 9.91 Å². The maximum absolute atomic E-state index is 12.6. The zero-order valence-corrected chi connectivity index (χ0v) is 15.2. The third-order valence-electron chi connectivity index (χ3n) is 4.52. The van der Waals surface area contributed by atoms with Gasteiger partial charge in [0.2, 0.25) is 5.91 Å². The molecule has 0 spiro atoms. The molecule has 8 heteroatoms. The first-order chi connectivity index (χ1) is 11.9. The average Bonchev–Trinajstić information content (AvgIpc) is 2.58. The first-order valence-corrected chi connectivity index (χ1v) is 8.70. The molecule has 2 amide bonds. The molecule has 1 saturated heterocycles. The number of rotatable bonds is 3. The molecule has 0 bridgehead atoms. The summed E-state index contributed by atoms with van der Waals surface area (Å²) in [5.74, 6) is -0.380. The molecule has 0 aliphatic carbocycles. The quantitative estimate of drug-likeness (QED) is 0.886. The second kappa shape index (κ2) is 7.41. The monoisotopic (exact) mass is 363 g/mol. The van der Waals surface area contributed by atoms with Crippen molar-refractivity contribution in [3.63, 3.8) is 0 Å². The van der Waals surface area contributed by atoms with Crippen LogP contribution in [-0.4, -0.2) is 67.7 Å². The van der Waals surface area contributed by atoms with Crippen molar-refractivity contribution < 1.29 is 9.59 Å². The van der Waals surface area contributed by atoms with Gasteiger partial charge in [0.15, 0.2) is 0 Å². The Morgan fingerprint density at radius 3 is 2.56 bits per heavy atom. The Labute approximate surface area is 152 Å². The molecule has 1 N–H and O–H groups in total. The van der Waals surface area contributed by atoms with Gasteiger partial charge in [-0.3, -0.25) is 9.59 Å². The lowest BCUT2D eigenvalue weighted by Crippen LogP contribution is -2.44. The number of carbonyl (C=O) groups excluding carboxylic acids is 2. The number of nitrogens with zero attached hydrogens (tertiary/aromatic N) is 4. The van der Waals surface area contributed by atoms with Crippen molar-refractivity contribution in [2.45, 2.75) is 12.8 Å². The topological polar surface area (TPSA) is 68.2 Å². The van der Waals surface area contributed by atoms with Gasteiger partial charge in [-0.05, 0) is 25.2 Å². The van der Waals surface area contributed by atoms with Gasteiger partial charge in [0.1, 0.15) is 5.71 Å². The van der Waals surface area contributed by atoms with E-state index in [2.05, 4.69) is 27.3 Å². The van der Waals surface area contributed by atoms with Crippen molar-refractivity contribution in [3.8, 4) is 0 Å². The smallest absolute Gasteiger partial charge is 0.271 e. The van der Waals surface area contributed by atoms with Gasteiger partial charge >= 0.3 is 0 Å². The molecule has 0 radical (unpaired) electrons. The summed E-state index contributed by atoms with van der Waals surface area (Å²) in [6.45, 7) is 3.71. The number of piperazine rings is 1. The fourth-order valence-electron chi connectivity index (χ4n) is 2.96. The van der Waals surface area contributed by atoms with Crippen LogP contribution in [0.15, 0.2) is 23.3 Å². The summed E-state index contributed by atoms with van der Waals surface area (Å²) in [4.78, 5) is 28.6. The van der Waals surface area contributed by atoms with Crippen LogP contribution in [0.5, 0.6) is 0 Å². The van der Waals surface area contributed by atoms with E-state index in [1.54, 1.807) is 13.1 Å². The largest absolute Gasteiger partial charge is 0.367 e. The highest BCUT2D eigenvalue weighted by Gasteiger charge is 2.24. The van der Waals surface area contributed by atoms with Crippen molar-refractivity contribution in [1.29, 1.82) is 0 Å². The number of anilines is 2. The minimum Gasteiger partial charge on any atom is -0.367 e. The zero-order valence-electron chi connectivity index (χ0n) is 14.5. The lowest BCUT2D eigenvalue weighted by molar-refractivity contribution is -0.130. The molecule has 1 aromatic carbocycles. The standard InChI is InChI=1S/C17H22ClN5O2/c1-21-7-9-23(10-8-21)15-5-3-12(18)11-14(15)19-17(25)13-4-6-16(24)22(2)20-13/h3,5,11H,4,6-10H2,1-2H3,(H,19,25). The Kier molecular flexibility index (Phi) is 5.24. The minimum absolute atomic E-state index is 0.0857. The predicted octanol–water partition coefficient (Wildman–Crippen LogP) is 1.64. The van der Waals surface area contributed by atoms with Crippen LogP contribution < -0.4 is 10.2 Å². The van der Waals surface area contributed by atoms with E-state index >= 15 is 0 Å². The van der Waals surface area contributed by atoms with Gasteiger partial charge in [-0.1, -0.05) is 11.6 Å². The second-order valence-corrected chi connectivity index (χ2v) is 6.81. The Morgan fingerprint density at radius 1 is 1.16 bits per heavy atom. The molecule has 3 rings (SSSR count). The first kappa shape index (κ1) is 17.7. The van der Waals surface area contributed by atoms with E-state index in [1.165, 1.54) is 5.01 Å². The van der Waals surface area contributed by atoms with Gasteiger partial charge in [0.05, 0.1) is 11.4 Å². The number of hydrazone groups is 1. The number of benzene rings is 1. The van der Waals surface area contributed by atoms with Gasteiger partial charge in [-0.2, -0.15) is 5.10 Å². The van der Waals surface area contributed by atoms with Gasteiger partial charge in [0, 0.05) is 51.1 Å². The van der Waals surface area contributed by atoms with E-state index in [4.69, 9.17) is 11.6 Å². The summed E-state index contributed by atoms with van der Waals surface area (Å²) in [5, 5.41) is 8.77. The Bertz CT molecular complexity index is 713. The Balaban J connectivity index is 1.80. The summed E-state index contributed by atoms with van der Waals surface area (Å²) in [5.41, 5.74) is 1.97. The molecule has 7 nitrogen and oxygen atoms in total. The third-order valence-corrected chi connectivity index (χ3v) is 4.76. The fraction of sp³-hybridized carbons (Fsp3) is 0.471. The predicted molar refractivity (Wildman–Crippen MR) is 99.2 cm³/mol. The van der Waals surface area contributed by atoms with Gasteiger partial charge in [0.25, 0.3) is 5.91 Å². The normalized spacial score (nSPS) is 19.0. The summed E-state index contributed by atoms with van der Waals surface area (Å²) in [6.07, 6.45) is 0.642. The van der Waals surface area contributed by atoms with Crippen LogP contribution in [0, 0.1) is 0 Å². The maximum Gasteiger partial charge on any atom is 0.271 e. The summed E-state index contributed by atoms with van der Waals surface area (Å²) >= 11 is 6.13. The van der Waals surface area contributed by atoms with Crippen LogP contribution in [0.3, 0.4) is 0 Å². The minimum atomic E-state index is -0.294. The molecule has 0 atom stereocenters. The highest BCUT2D eigenvalue weighted by atomic mass is 35.5. The number of hydrogen-bond acceptors (Lipinski definition) is 5. The molecule has 25 heavy (non-hydrogen) atoms. The maximum atomic E-state index is 12.6. The van der Waals surface area contributed by atoms with Crippen LogP contribution >= 0.6 is 11.6 Å². The fourth-order valence-corrected chi connectivity index (χ4v) is 3.13. The number of nitrogens with one attached hydrogen (secondary N) is 1. The van der Waals surface area contributed by atoms with Crippen LogP contribution in [-0.2, 0) is 9.59 Å². The number of amides is 2. The molecule has 0 saturated carbocycles. The van der Waals surface area contributed by atoms with Crippen LogP contribution in [0.2, 0.25) is 5.02 Å². The van der Waals surface area contributed by atoms with Crippen LogP contribution in [0.1, 0.15) is 12.8 Å². The highest BCUT2D eigenvalue weighted by molar-refractivity contribution is 6.44. The average molecular weight is 364 g/mol. The van der Waals surface area contributed by atoms with Crippen molar-refractivity contribution in [2.75, 3.05) is 50.5 Å². The molecular weight excluding hydrogens is 342 g/mol. The SMILES string of the molecule is CN1CCN(c2ccc(Cl)cc2NC(=O)C2=NN(C)C(=O)CC2)CC1. The third kappa shape index (κ3) is 4.11. The highest BCUT2D eigenvalue weighted by Crippen LogP contribution is 2.30. The van der Waals surface area contributed by atoms with E-state index in [-0.39, 0.29) is 11.8 Å². The molecule has 134 valence electrons. The Morgan fingerprint density at radius 2 is 1.88 bits per heavy atom. The number of hydrogen-bond donors (Lipinski definition) is 1. The molecule has 2 heterocycles. The summed E-state index contributed by atoms with van der Waals surface area (Å²) in [7, 11) is 3.66. The molecule has 0 unspecified atom stereocenters. The van der Waals surface area contributed by atoms with Gasteiger partial charge in [-0.15, -0.1) is 0 Å². The molecule has 1 aromatic rings. The second-order valence-electron chi connectivity index (χ2n) is 6.37. The van der Waals surface area contributed by atoms with Crippen molar-refractivity contribution in [3.05, 3.63) is 23.2 Å². The Hall–Kier alpha value is -2.12. The molecular formula is C17H22ClN5O2. The molecule has 0 aromatic heterocycles. The number of carbonyl (C=O) groups is 2. The van der Waals surface area contributed by atoms with E-state index in [9.17, 15) is 9.59 Å². The number of likely N-dealkylation sites (N-methyl/N-ethyl adjacent to an activating group) is 1. The van der Waals surface area contributed by atoms with Crippen molar-refractivity contribution in [2.24, 2.45) is 5.10 Å². The summed E-state index contributed by atoms with van der Waals surface area (Å²) in [6, 6.07) is 5.52. The molecule has 1 fully saturated rings. The van der Waals surface area contributed by atoms with Crippen molar-refractivity contribution >= 4 is 40.5 Å². The molecule has 2 aliphatic heterocycles.